The molecule has 0 spiro atoms. The van der Waals surface area contributed by atoms with Crippen LogP contribution in [-0.2, 0) is 4.79 Å². The fourth-order valence-corrected chi connectivity index (χ4v) is 1.20. The van der Waals surface area contributed by atoms with E-state index in [1.807, 2.05) is 0 Å². The molecular weight excluding hydrogens is 159 g/mol. The van der Waals surface area contributed by atoms with Gasteiger partial charge in [-0.25, -0.2) is 0 Å². The number of allylic oxidation sites excluding steroid dienone is 2. The van der Waals surface area contributed by atoms with Gasteiger partial charge in [0.05, 0.1) is 5.03 Å². The summed E-state index contributed by atoms with van der Waals surface area (Å²) in [5.41, 5.74) is 0. The Hall–Kier alpha value is -0.0100. The number of hydrogen-bond acceptors (Lipinski definition) is 1. The second-order valence-corrected chi connectivity index (χ2v) is 2.83. The first-order chi connectivity index (χ1) is 4.22. The van der Waals surface area contributed by atoms with Gasteiger partial charge in [0, 0.05) is 11.5 Å². The van der Waals surface area contributed by atoms with Crippen LogP contribution in [-0.4, -0.2) is 5.78 Å². The van der Waals surface area contributed by atoms with E-state index in [2.05, 4.69) is 0 Å². The first-order valence-electron chi connectivity index (χ1n) is 2.79. The normalized spacial score (nSPS) is 20.9. The standard InChI is InChI=1S/C6H6Cl2O/c7-4-2-1-3-5(9)6(4)8/h1-3H2. The fraction of sp³-hybridized carbons (Fsp3) is 0.500. The molecule has 1 aliphatic rings. The van der Waals surface area contributed by atoms with Crippen LogP contribution in [0, 0.1) is 0 Å². The maximum absolute atomic E-state index is 10.7. The number of rotatable bonds is 0. The lowest BCUT2D eigenvalue weighted by atomic mass is 10.1. The van der Waals surface area contributed by atoms with Gasteiger partial charge >= 0.3 is 0 Å². The third-order valence-electron chi connectivity index (χ3n) is 1.28. The molecule has 0 N–H and O–H groups in total. The van der Waals surface area contributed by atoms with Gasteiger partial charge in [-0.05, 0) is 12.8 Å². The van der Waals surface area contributed by atoms with Crippen molar-refractivity contribution < 1.29 is 4.79 Å². The van der Waals surface area contributed by atoms with E-state index in [4.69, 9.17) is 23.2 Å². The van der Waals surface area contributed by atoms with Crippen LogP contribution in [0.4, 0.5) is 0 Å². The van der Waals surface area contributed by atoms with Crippen molar-refractivity contribution in [2.45, 2.75) is 19.3 Å². The molecule has 0 aromatic heterocycles. The number of carbonyl (C=O) groups excluding carboxylic acids is 1. The number of hydrogen-bond donors (Lipinski definition) is 0. The Morgan fingerprint density at radius 3 is 2.33 bits per heavy atom. The van der Waals surface area contributed by atoms with Crippen molar-refractivity contribution in [1.82, 2.24) is 0 Å². The van der Waals surface area contributed by atoms with Crippen LogP contribution < -0.4 is 0 Å². The quantitative estimate of drug-likeness (QED) is 0.538. The van der Waals surface area contributed by atoms with Crippen LogP contribution in [0.25, 0.3) is 0 Å². The minimum Gasteiger partial charge on any atom is -0.293 e. The highest BCUT2D eigenvalue weighted by Crippen LogP contribution is 2.26. The Balaban J connectivity index is 2.84. The van der Waals surface area contributed by atoms with E-state index < -0.39 is 0 Å². The molecule has 50 valence electrons. The van der Waals surface area contributed by atoms with Crippen LogP contribution in [0.5, 0.6) is 0 Å². The number of carbonyl (C=O) groups is 1. The summed E-state index contributed by atoms with van der Waals surface area (Å²) in [6, 6.07) is 0. The van der Waals surface area contributed by atoms with Crippen molar-refractivity contribution in [2.24, 2.45) is 0 Å². The zero-order valence-electron chi connectivity index (χ0n) is 4.79. The molecule has 0 aliphatic heterocycles. The molecule has 0 saturated heterocycles. The van der Waals surface area contributed by atoms with Gasteiger partial charge in [0.25, 0.3) is 0 Å². The number of halogens is 2. The zero-order valence-corrected chi connectivity index (χ0v) is 6.30. The Labute approximate surface area is 63.6 Å². The topological polar surface area (TPSA) is 17.1 Å². The summed E-state index contributed by atoms with van der Waals surface area (Å²) < 4.78 is 0. The SMILES string of the molecule is O=C1CCCC(Cl)=C1Cl. The molecule has 9 heavy (non-hydrogen) atoms. The van der Waals surface area contributed by atoms with Crippen LogP contribution in [0.3, 0.4) is 0 Å². The highest BCUT2D eigenvalue weighted by Gasteiger charge is 2.16. The molecule has 1 aliphatic carbocycles. The molecule has 0 fully saturated rings. The van der Waals surface area contributed by atoms with E-state index in [9.17, 15) is 4.79 Å². The van der Waals surface area contributed by atoms with Gasteiger partial charge in [-0.3, -0.25) is 4.79 Å². The molecule has 0 radical (unpaired) electrons. The van der Waals surface area contributed by atoms with Gasteiger partial charge in [0.1, 0.15) is 0 Å². The van der Waals surface area contributed by atoms with Gasteiger partial charge in [-0.15, -0.1) is 0 Å². The molecular formula is C6H6Cl2O. The fourth-order valence-electron chi connectivity index (χ4n) is 0.775. The summed E-state index contributed by atoms with van der Waals surface area (Å²) in [5.74, 6) is -0.0204. The highest BCUT2D eigenvalue weighted by molar-refractivity contribution is 6.48. The van der Waals surface area contributed by atoms with Gasteiger partial charge in [0.2, 0.25) is 0 Å². The summed E-state index contributed by atoms with van der Waals surface area (Å²) in [6.45, 7) is 0. The Kier molecular flexibility index (Phi) is 2.14. The summed E-state index contributed by atoms with van der Waals surface area (Å²) in [7, 11) is 0. The molecule has 0 bridgehead atoms. The van der Waals surface area contributed by atoms with Crippen LogP contribution in [0.15, 0.2) is 10.1 Å². The molecule has 3 heteroatoms. The predicted octanol–water partition coefficient (Wildman–Crippen LogP) is 2.43. The lowest BCUT2D eigenvalue weighted by Gasteiger charge is -2.07. The summed E-state index contributed by atoms with van der Waals surface area (Å²) in [6.07, 6.45) is 2.15. The first-order valence-corrected chi connectivity index (χ1v) is 3.55. The lowest BCUT2D eigenvalue weighted by molar-refractivity contribution is -0.115. The summed E-state index contributed by atoms with van der Waals surface area (Å²) in [5, 5.41) is 0.760. The molecule has 0 saturated carbocycles. The van der Waals surface area contributed by atoms with E-state index >= 15 is 0 Å². The van der Waals surface area contributed by atoms with Crippen molar-refractivity contribution in [3.63, 3.8) is 0 Å². The van der Waals surface area contributed by atoms with Crippen LogP contribution >= 0.6 is 23.2 Å². The molecule has 1 nitrogen and oxygen atoms in total. The van der Waals surface area contributed by atoms with Gasteiger partial charge < -0.3 is 0 Å². The largest absolute Gasteiger partial charge is 0.293 e. The summed E-state index contributed by atoms with van der Waals surface area (Å²) in [4.78, 5) is 10.7. The Morgan fingerprint density at radius 1 is 1.22 bits per heavy atom. The predicted molar refractivity (Wildman–Crippen MR) is 37.6 cm³/mol. The average Bonchev–Trinajstić information content (AvgIpc) is 1.83. The van der Waals surface area contributed by atoms with Gasteiger partial charge in [0.15, 0.2) is 5.78 Å². The van der Waals surface area contributed by atoms with Crippen molar-refractivity contribution >= 4 is 29.0 Å². The van der Waals surface area contributed by atoms with E-state index in [1.165, 1.54) is 0 Å². The highest BCUT2D eigenvalue weighted by atomic mass is 35.5. The number of ketones is 1. The summed E-state index contributed by atoms with van der Waals surface area (Å²) >= 11 is 11.1. The van der Waals surface area contributed by atoms with Crippen LogP contribution in [0.2, 0.25) is 0 Å². The van der Waals surface area contributed by atoms with Crippen molar-refractivity contribution in [1.29, 1.82) is 0 Å². The Bertz CT molecular complexity index is 172. The van der Waals surface area contributed by atoms with Gasteiger partial charge in [-0.1, -0.05) is 23.2 Å². The second-order valence-electron chi connectivity index (χ2n) is 2.00. The van der Waals surface area contributed by atoms with Crippen molar-refractivity contribution in [3.05, 3.63) is 10.1 Å². The lowest BCUT2D eigenvalue weighted by Crippen LogP contribution is -2.04. The van der Waals surface area contributed by atoms with E-state index in [0.717, 1.165) is 12.8 Å². The van der Waals surface area contributed by atoms with Gasteiger partial charge in [-0.2, -0.15) is 0 Å². The smallest absolute Gasteiger partial charge is 0.175 e. The monoisotopic (exact) mass is 164 g/mol. The molecule has 0 amide bonds. The van der Waals surface area contributed by atoms with Crippen molar-refractivity contribution in [3.8, 4) is 0 Å². The Morgan fingerprint density at radius 2 is 1.89 bits per heavy atom. The van der Waals surface area contributed by atoms with E-state index in [1.54, 1.807) is 0 Å². The first kappa shape index (κ1) is 7.10. The molecule has 0 atom stereocenters. The maximum Gasteiger partial charge on any atom is 0.175 e. The molecule has 0 aromatic rings. The molecule has 0 unspecified atom stereocenters. The number of Topliss-reactive ketones (excluding diaryl/α,β-unsaturated/α-hetero) is 1. The minimum absolute atomic E-state index is 0.0204. The second kappa shape index (κ2) is 2.72. The zero-order chi connectivity index (χ0) is 6.85. The minimum atomic E-state index is -0.0204. The maximum atomic E-state index is 10.7. The van der Waals surface area contributed by atoms with Crippen molar-refractivity contribution in [2.75, 3.05) is 0 Å². The molecule has 1 rings (SSSR count). The third-order valence-corrected chi connectivity index (χ3v) is 2.20. The van der Waals surface area contributed by atoms with E-state index in [0.29, 0.717) is 11.5 Å². The molecule has 0 heterocycles. The third kappa shape index (κ3) is 1.46. The van der Waals surface area contributed by atoms with Crippen LogP contribution in [0.1, 0.15) is 19.3 Å². The average molecular weight is 165 g/mol. The molecule has 0 aromatic carbocycles. The van der Waals surface area contributed by atoms with E-state index in [-0.39, 0.29) is 10.8 Å².